The van der Waals surface area contributed by atoms with Crippen LogP contribution >= 0.6 is 0 Å². The molecule has 0 bridgehead atoms. The monoisotopic (exact) mass is 409 g/mol. The number of oxazole rings is 1. The first-order valence-corrected chi connectivity index (χ1v) is 11.1. The van der Waals surface area contributed by atoms with Crippen molar-refractivity contribution in [2.24, 2.45) is 0 Å². The maximum Gasteiger partial charge on any atom is 0.236 e. The Kier molecular flexibility index (Phi) is 5.89. The van der Waals surface area contributed by atoms with Crippen LogP contribution in [-0.4, -0.2) is 48.8 Å². The third-order valence-electron chi connectivity index (χ3n) is 4.89. The molecule has 0 amide bonds. The van der Waals surface area contributed by atoms with E-state index in [9.17, 15) is 8.42 Å². The van der Waals surface area contributed by atoms with Crippen LogP contribution in [0.1, 0.15) is 11.5 Å². The number of rotatable bonds is 6. The molecular formula is C22H23N3O3S. The minimum absolute atomic E-state index is 0.452. The number of nitrogens with zero attached hydrogens (tertiary/aromatic N) is 3. The topological polar surface area (TPSA) is 66.7 Å². The normalized spacial score (nSPS) is 16.4. The first-order chi connectivity index (χ1) is 14.1. The van der Waals surface area contributed by atoms with Crippen LogP contribution in [0.4, 0.5) is 0 Å². The van der Waals surface area contributed by atoms with Gasteiger partial charge in [0.1, 0.15) is 0 Å². The molecule has 29 heavy (non-hydrogen) atoms. The largest absolute Gasteiger partial charge is 0.439 e. The quantitative estimate of drug-likeness (QED) is 0.624. The summed E-state index contributed by atoms with van der Waals surface area (Å²) in [7, 11) is -3.42. The van der Waals surface area contributed by atoms with Gasteiger partial charge in [-0.15, -0.1) is 0 Å². The van der Waals surface area contributed by atoms with Crippen LogP contribution in [0.25, 0.3) is 17.4 Å². The molecule has 4 rings (SSSR count). The molecule has 6 nitrogen and oxygen atoms in total. The van der Waals surface area contributed by atoms with Gasteiger partial charge in [0.2, 0.25) is 15.9 Å². The Morgan fingerprint density at radius 1 is 0.931 bits per heavy atom. The lowest BCUT2D eigenvalue weighted by Crippen LogP contribution is -2.47. The molecular weight excluding hydrogens is 386 g/mol. The fourth-order valence-corrected chi connectivity index (χ4v) is 4.44. The van der Waals surface area contributed by atoms with Crippen LogP contribution in [-0.2, 0) is 16.6 Å². The van der Waals surface area contributed by atoms with Gasteiger partial charge in [-0.3, -0.25) is 4.90 Å². The second-order valence-electron chi connectivity index (χ2n) is 6.92. The number of hydrogen-bond donors (Lipinski definition) is 0. The fraction of sp³-hybridized carbons (Fsp3) is 0.227. The lowest BCUT2D eigenvalue weighted by molar-refractivity contribution is 0.169. The molecule has 0 N–H and O–H groups in total. The number of sulfonamides is 1. The average Bonchev–Trinajstić information content (AvgIpc) is 3.23. The Morgan fingerprint density at radius 2 is 1.59 bits per heavy atom. The van der Waals surface area contributed by atoms with Gasteiger partial charge in [-0.1, -0.05) is 60.7 Å². The molecule has 2 aromatic carbocycles. The molecule has 1 fully saturated rings. The summed E-state index contributed by atoms with van der Waals surface area (Å²) in [6.07, 6.45) is 3.37. The van der Waals surface area contributed by atoms with E-state index in [0.29, 0.717) is 38.6 Å². The number of hydrogen-bond acceptors (Lipinski definition) is 5. The van der Waals surface area contributed by atoms with Gasteiger partial charge in [-0.2, -0.15) is 4.31 Å². The van der Waals surface area contributed by atoms with Gasteiger partial charge in [0, 0.05) is 37.2 Å². The lowest BCUT2D eigenvalue weighted by atomic mass is 10.2. The molecule has 0 saturated carbocycles. The third-order valence-corrected chi connectivity index (χ3v) is 6.46. The summed E-state index contributed by atoms with van der Waals surface area (Å²) in [5.41, 5.74) is 1.86. The molecule has 0 radical (unpaired) electrons. The second kappa shape index (κ2) is 8.73. The van der Waals surface area contributed by atoms with Gasteiger partial charge >= 0.3 is 0 Å². The Hall–Kier alpha value is -2.74. The van der Waals surface area contributed by atoms with E-state index in [1.807, 2.05) is 60.7 Å². The summed E-state index contributed by atoms with van der Waals surface area (Å²) in [5.74, 6) is 1.39. The first kappa shape index (κ1) is 19.6. The number of benzene rings is 2. The second-order valence-corrected chi connectivity index (χ2v) is 8.74. The Morgan fingerprint density at radius 3 is 2.28 bits per heavy atom. The third kappa shape index (κ3) is 5.00. The van der Waals surface area contributed by atoms with Gasteiger partial charge in [-0.25, -0.2) is 13.4 Å². The minimum atomic E-state index is -3.42. The van der Waals surface area contributed by atoms with Crippen LogP contribution in [0.2, 0.25) is 0 Å². The fourth-order valence-electron chi connectivity index (χ4n) is 3.27. The van der Waals surface area contributed by atoms with E-state index >= 15 is 0 Å². The number of piperazine rings is 1. The highest BCUT2D eigenvalue weighted by molar-refractivity contribution is 7.92. The van der Waals surface area contributed by atoms with Gasteiger partial charge in [0.25, 0.3) is 0 Å². The highest BCUT2D eigenvalue weighted by Crippen LogP contribution is 2.21. The molecule has 0 spiro atoms. The molecule has 1 aliphatic heterocycles. The van der Waals surface area contributed by atoms with E-state index < -0.39 is 10.0 Å². The Balaban J connectivity index is 1.33. The van der Waals surface area contributed by atoms with Crippen molar-refractivity contribution in [3.8, 4) is 11.3 Å². The summed E-state index contributed by atoms with van der Waals surface area (Å²) >= 11 is 0. The van der Waals surface area contributed by atoms with Gasteiger partial charge in [-0.05, 0) is 11.6 Å². The Labute approximate surface area is 171 Å². The van der Waals surface area contributed by atoms with Crippen LogP contribution in [0.3, 0.4) is 0 Å². The summed E-state index contributed by atoms with van der Waals surface area (Å²) in [6.45, 7) is 2.75. The first-order valence-electron chi connectivity index (χ1n) is 9.56. The van der Waals surface area contributed by atoms with E-state index in [1.54, 1.807) is 12.3 Å². The van der Waals surface area contributed by atoms with Crippen LogP contribution in [0.5, 0.6) is 0 Å². The average molecular weight is 410 g/mol. The predicted molar refractivity (Wildman–Crippen MR) is 113 cm³/mol. The van der Waals surface area contributed by atoms with Crippen molar-refractivity contribution in [2.45, 2.75) is 6.54 Å². The standard InChI is InChI=1S/C22H23N3O3S/c26-29(27,16-11-19-7-3-1-4-8-19)25-14-12-24(13-15-25)18-22-23-17-21(28-22)20-9-5-2-6-10-20/h1-11,16-17H,12-15,18H2. The van der Waals surface area contributed by atoms with Gasteiger partial charge in [0.05, 0.1) is 12.7 Å². The molecule has 0 atom stereocenters. The molecule has 0 unspecified atom stereocenters. The van der Waals surface area contributed by atoms with Crippen LogP contribution < -0.4 is 0 Å². The molecule has 1 saturated heterocycles. The van der Waals surface area contributed by atoms with Crippen LogP contribution in [0, 0.1) is 0 Å². The van der Waals surface area contributed by atoms with E-state index in [2.05, 4.69) is 9.88 Å². The molecule has 150 valence electrons. The molecule has 2 heterocycles. The molecule has 1 aliphatic rings. The van der Waals surface area contributed by atoms with Crippen molar-refractivity contribution < 1.29 is 12.8 Å². The molecule has 0 aliphatic carbocycles. The van der Waals surface area contributed by atoms with Gasteiger partial charge in [0.15, 0.2) is 5.76 Å². The maximum atomic E-state index is 12.6. The minimum Gasteiger partial charge on any atom is -0.439 e. The number of aromatic nitrogens is 1. The SMILES string of the molecule is O=S(=O)(C=Cc1ccccc1)N1CCN(Cc2ncc(-c3ccccc3)o2)CC1. The van der Waals surface area contributed by atoms with E-state index in [4.69, 9.17) is 4.42 Å². The van der Waals surface area contributed by atoms with Crippen molar-refractivity contribution in [3.05, 3.63) is 83.7 Å². The van der Waals surface area contributed by atoms with E-state index in [1.165, 1.54) is 9.71 Å². The summed E-state index contributed by atoms with van der Waals surface area (Å²) in [6, 6.07) is 19.3. The van der Waals surface area contributed by atoms with Crippen molar-refractivity contribution in [1.29, 1.82) is 0 Å². The Bertz CT molecular complexity index is 1050. The zero-order valence-corrected chi connectivity index (χ0v) is 16.8. The van der Waals surface area contributed by atoms with E-state index in [-0.39, 0.29) is 0 Å². The maximum absolute atomic E-state index is 12.6. The summed E-state index contributed by atoms with van der Waals surface area (Å²) in [5, 5.41) is 1.29. The molecule has 3 aromatic rings. The van der Waals surface area contributed by atoms with E-state index in [0.717, 1.165) is 16.9 Å². The molecule has 1 aromatic heterocycles. The van der Waals surface area contributed by atoms with Gasteiger partial charge < -0.3 is 4.42 Å². The summed E-state index contributed by atoms with van der Waals surface area (Å²) < 4.78 is 32.5. The predicted octanol–water partition coefficient (Wildman–Crippen LogP) is 3.46. The highest BCUT2D eigenvalue weighted by atomic mass is 32.2. The zero-order valence-electron chi connectivity index (χ0n) is 16.0. The van der Waals surface area contributed by atoms with Crippen molar-refractivity contribution in [1.82, 2.24) is 14.2 Å². The van der Waals surface area contributed by atoms with Crippen LogP contribution in [0.15, 0.2) is 76.7 Å². The van der Waals surface area contributed by atoms with Crippen molar-refractivity contribution in [2.75, 3.05) is 26.2 Å². The van der Waals surface area contributed by atoms with Crippen molar-refractivity contribution >= 4 is 16.1 Å². The smallest absolute Gasteiger partial charge is 0.236 e. The summed E-state index contributed by atoms with van der Waals surface area (Å²) in [4.78, 5) is 6.53. The highest BCUT2D eigenvalue weighted by Gasteiger charge is 2.25. The van der Waals surface area contributed by atoms with Crippen molar-refractivity contribution in [3.63, 3.8) is 0 Å². The lowest BCUT2D eigenvalue weighted by Gasteiger charge is -2.32. The zero-order chi connectivity index (χ0) is 20.1. The molecule has 7 heteroatoms.